The third-order valence-electron chi connectivity index (χ3n) is 5.70. The fourth-order valence-corrected chi connectivity index (χ4v) is 4.07. The minimum atomic E-state index is -0.489. The Bertz CT molecular complexity index is 1100. The van der Waals surface area contributed by atoms with Gasteiger partial charge in [0.05, 0.1) is 30.4 Å². The average Bonchev–Trinajstić information content (AvgIpc) is 3.38. The average molecular weight is 418 g/mol. The van der Waals surface area contributed by atoms with Crippen molar-refractivity contribution in [1.82, 2.24) is 4.90 Å². The topological polar surface area (TPSA) is 75.7 Å². The van der Waals surface area contributed by atoms with E-state index >= 15 is 0 Å². The predicted octanol–water partition coefficient (Wildman–Crippen LogP) is 4.28. The van der Waals surface area contributed by atoms with Crippen LogP contribution in [0.2, 0.25) is 0 Å². The van der Waals surface area contributed by atoms with E-state index in [1.165, 1.54) is 0 Å². The van der Waals surface area contributed by atoms with Gasteiger partial charge in [0.15, 0.2) is 0 Å². The monoisotopic (exact) mass is 418 g/mol. The maximum atomic E-state index is 12.8. The van der Waals surface area contributed by atoms with Crippen molar-refractivity contribution in [3.8, 4) is 11.8 Å². The van der Waals surface area contributed by atoms with E-state index in [0.29, 0.717) is 24.4 Å². The molecule has 4 rings (SSSR count). The summed E-state index contributed by atoms with van der Waals surface area (Å²) in [6.45, 7) is 4.08. The van der Waals surface area contributed by atoms with Crippen LogP contribution >= 0.6 is 0 Å². The second kappa shape index (κ2) is 9.23. The number of nitrogens with zero attached hydrogens (tertiary/aromatic N) is 2. The number of hydrogen-bond acceptors (Lipinski definition) is 6. The third-order valence-corrected chi connectivity index (χ3v) is 5.70. The lowest BCUT2D eigenvalue weighted by atomic mass is 9.93. The molecular formula is C25H26N2O4. The van der Waals surface area contributed by atoms with Crippen LogP contribution in [-0.4, -0.2) is 43.7 Å². The molecule has 2 atom stereocenters. The van der Waals surface area contributed by atoms with Gasteiger partial charge in [-0.25, -0.2) is 0 Å². The van der Waals surface area contributed by atoms with E-state index in [0.717, 1.165) is 41.6 Å². The van der Waals surface area contributed by atoms with Gasteiger partial charge in [0, 0.05) is 30.3 Å². The molecule has 6 heteroatoms. The molecule has 1 fully saturated rings. The first-order chi connectivity index (χ1) is 15.1. The predicted molar refractivity (Wildman–Crippen MR) is 117 cm³/mol. The Morgan fingerprint density at radius 3 is 2.77 bits per heavy atom. The van der Waals surface area contributed by atoms with Gasteiger partial charge in [-0.15, -0.1) is 0 Å². The highest BCUT2D eigenvalue weighted by molar-refractivity contribution is 5.86. The molecule has 0 N–H and O–H groups in total. The fourth-order valence-electron chi connectivity index (χ4n) is 4.07. The second-order valence-electron chi connectivity index (χ2n) is 7.94. The van der Waals surface area contributed by atoms with E-state index in [9.17, 15) is 4.79 Å². The van der Waals surface area contributed by atoms with Crippen LogP contribution in [0.1, 0.15) is 36.1 Å². The molecule has 31 heavy (non-hydrogen) atoms. The van der Waals surface area contributed by atoms with Crippen molar-refractivity contribution in [3.05, 3.63) is 65.6 Å². The number of carbonyl (C=O) groups is 1. The summed E-state index contributed by atoms with van der Waals surface area (Å²) in [6, 6.07) is 15.2. The maximum absolute atomic E-state index is 12.8. The summed E-state index contributed by atoms with van der Waals surface area (Å²) in [5.41, 5.74) is 1.43. The minimum absolute atomic E-state index is 0.199. The Kier molecular flexibility index (Phi) is 6.24. The van der Waals surface area contributed by atoms with Crippen molar-refractivity contribution in [2.45, 2.75) is 31.8 Å². The van der Waals surface area contributed by atoms with Crippen LogP contribution in [0, 0.1) is 11.3 Å². The van der Waals surface area contributed by atoms with E-state index in [4.69, 9.17) is 19.2 Å². The van der Waals surface area contributed by atoms with Gasteiger partial charge in [-0.05, 0) is 56.3 Å². The zero-order valence-electron chi connectivity index (χ0n) is 17.8. The highest BCUT2D eigenvalue weighted by Crippen LogP contribution is 2.30. The maximum Gasteiger partial charge on any atom is 0.313 e. The number of fused-ring (bicyclic) bond motifs is 1. The van der Waals surface area contributed by atoms with E-state index in [1.807, 2.05) is 30.3 Å². The number of rotatable bonds is 7. The van der Waals surface area contributed by atoms with Gasteiger partial charge in [-0.3, -0.25) is 4.79 Å². The van der Waals surface area contributed by atoms with Gasteiger partial charge in [0.2, 0.25) is 0 Å². The van der Waals surface area contributed by atoms with Crippen LogP contribution in [0.15, 0.2) is 53.1 Å². The fraction of sp³-hybridized carbons (Fsp3) is 0.360. The number of benzene rings is 2. The number of nitriles is 1. The smallest absolute Gasteiger partial charge is 0.313 e. The summed E-state index contributed by atoms with van der Waals surface area (Å²) in [7, 11) is 2.09. The van der Waals surface area contributed by atoms with Crippen LogP contribution in [0.25, 0.3) is 10.8 Å². The third kappa shape index (κ3) is 4.73. The highest BCUT2D eigenvalue weighted by atomic mass is 16.5. The molecule has 0 aliphatic carbocycles. The first kappa shape index (κ1) is 21.0. The molecule has 1 aromatic heterocycles. The first-order valence-electron chi connectivity index (χ1n) is 10.6. The normalized spacial score (nSPS) is 17.4. The van der Waals surface area contributed by atoms with Gasteiger partial charge in [0.25, 0.3) is 0 Å². The van der Waals surface area contributed by atoms with Crippen LogP contribution in [-0.2, 0) is 16.0 Å². The summed E-state index contributed by atoms with van der Waals surface area (Å²) in [4.78, 5) is 15.0. The quantitative estimate of drug-likeness (QED) is 0.533. The Hall–Kier alpha value is -3.30. The molecule has 0 bridgehead atoms. The van der Waals surface area contributed by atoms with Crippen LogP contribution in [0.5, 0.6) is 5.75 Å². The van der Waals surface area contributed by atoms with Gasteiger partial charge in [-0.1, -0.05) is 12.1 Å². The van der Waals surface area contributed by atoms with E-state index in [1.54, 1.807) is 25.3 Å². The highest BCUT2D eigenvalue weighted by Gasteiger charge is 2.26. The van der Waals surface area contributed by atoms with Crippen LogP contribution in [0.4, 0.5) is 0 Å². The summed E-state index contributed by atoms with van der Waals surface area (Å²) >= 11 is 0. The van der Waals surface area contributed by atoms with Gasteiger partial charge in [0.1, 0.15) is 17.6 Å². The molecule has 160 valence electrons. The van der Waals surface area contributed by atoms with E-state index < -0.39 is 5.92 Å². The lowest BCUT2D eigenvalue weighted by molar-refractivity contribution is -0.145. The molecule has 1 aliphatic heterocycles. The summed E-state index contributed by atoms with van der Waals surface area (Å²) < 4.78 is 17.2. The van der Waals surface area contributed by atoms with Crippen molar-refractivity contribution in [2.75, 3.05) is 26.7 Å². The molecule has 0 saturated carbocycles. The van der Waals surface area contributed by atoms with Crippen molar-refractivity contribution in [3.63, 3.8) is 0 Å². The number of likely N-dealkylation sites (N-methyl/N-ethyl adjacent to an activating group) is 1. The van der Waals surface area contributed by atoms with Crippen molar-refractivity contribution in [1.29, 1.82) is 5.26 Å². The van der Waals surface area contributed by atoms with E-state index in [2.05, 4.69) is 18.0 Å². The molecule has 3 aromatic rings. The number of carbonyl (C=O) groups excluding carboxylic acids is 1. The Labute approximate surface area is 182 Å². The molecular weight excluding hydrogens is 392 g/mol. The largest absolute Gasteiger partial charge is 0.489 e. The second-order valence-corrected chi connectivity index (χ2v) is 7.94. The summed E-state index contributed by atoms with van der Waals surface area (Å²) in [5.74, 6) is 0.731. The minimum Gasteiger partial charge on any atom is -0.489 e. The zero-order chi connectivity index (χ0) is 21.8. The van der Waals surface area contributed by atoms with Gasteiger partial charge >= 0.3 is 5.97 Å². The molecule has 0 spiro atoms. The molecule has 1 saturated heterocycles. The number of likely N-dealkylation sites (tertiary alicyclic amines) is 1. The van der Waals surface area contributed by atoms with Crippen molar-refractivity contribution < 1.29 is 18.7 Å². The number of hydrogen-bond donors (Lipinski definition) is 0. The lowest BCUT2D eigenvalue weighted by Gasteiger charge is -2.17. The Morgan fingerprint density at radius 1 is 1.29 bits per heavy atom. The number of esters is 1. The van der Waals surface area contributed by atoms with Crippen LogP contribution < -0.4 is 4.74 Å². The lowest BCUT2D eigenvalue weighted by Crippen LogP contribution is -2.21. The standard InChI is InChI=1S/C25H26N2O4/c1-3-29-25(28)23(13-24-22-9-4-17(14-26)12-19(22)16-30-24)18-5-7-20(8-6-18)31-21-10-11-27(2)15-21/h4-9,12,16,21,23H,3,10-11,13,15H2,1-2H3/t21-,23?/m0/s1. The number of ether oxygens (including phenoxy) is 2. The molecule has 1 unspecified atom stereocenters. The van der Waals surface area contributed by atoms with Crippen molar-refractivity contribution in [2.24, 2.45) is 0 Å². The van der Waals surface area contributed by atoms with Gasteiger partial charge in [-0.2, -0.15) is 5.26 Å². The zero-order valence-corrected chi connectivity index (χ0v) is 17.8. The summed E-state index contributed by atoms with van der Waals surface area (Å²) in [5, 5.41) is 10.9. The van der Waals surface area contributed by atoms with Crippen LogP contribution in [0.3, 0.4) is 0 Å². The summed E-state index contributed by atoms with van der Waals surface area (Å²) in [6.07, 6.45) is 3.22. The molecule has 2 heterocycles. The molecule has 2 aromatic carbocycles. The van der Waals surface area contributed by atoms with Crippen molar-refractivity contribution >= 4 is 16.7 Å². The molecule has 1 aliphatic rings. The number of furan rings is 1. The Balaban J connectivity index is 1.55. The SMILES string of the molecule is CCOC(=O)C(Cc1occ2cc(C#N)ccc12)c1ccc(O[C@H]2CCN(C)C2)cc1. The van der Waals surface area contributed by atoms with E-state index in [-0.39, 0.29) is 12.1 Å². The molecule has 0 amide bonds. The molecule has 6 nitrogen and oxygen atoms in total. The Morgan fingerprint density at radius 2 is 2.10 bits per heavy atom. The molecule has 0 radical (unpaired) electrons. The van der Waals surface area contributed by atoms with Gasteiger partial charge < -0.3 is 18.8 Å². The first-order valence-corrected chi connectivity index (χ1v) is 10.6.